The van der Waals surface area contributed by atoms with Gasteiger partial charge in [0.2, 0.25) is 11.6 Å². The lowest BCUT2D eigenvalue weighted by Crippen LogP contribution is -2.15. The summed E-state index contributed by atoms with van der Waals surface area (Å²) in [7, 11) is 0. The van der Waals surface area contributed by atoms with E-state index in [1.165, 1.54) is 11.8 Å². The number of hydrogen-bond acceptors (Lipinski definition) is 3. The lowest BCUT2D eigenvalue weighted by Gasteiger charge is -2.14. The largest absolute Gasteiger partial charge is 0.287 e. The molecule has 6 heteroatoms. The van der Waals surface area contributed by atoms with Gasteiger partial charge in [0.15, 0.2) is 0 Å². The number of benzene rings is 1. The first-order valence-corrected chi connectivity index (χ1v) is 8.40. The summed E-state index contributed by atoms with van der Waals surface area (Å²) in [6.45, 7) is 2.00. The fourth-order valence-electron chi connectivity index (χ4n) is 1.41. The molecular weight excluding hydrogens is 460 g/mol. The van der Waals surface area contributed by atoms with Crippen LogP contribution in [0.3, 0.4) is 0 Å². The molecule has 2 rings (SSSR count). The highest BCUT2D eigenvalue weighted by atomic mass is 79.9. The normalized spacial score (nSPS) is 16.4. The van der Waals surface area contributed by atoms with E-state index in [4.69, 9.17) is 0 Å². The summed E-state index contributed by atoms with van der Waals surface area (Å²) < 4.78 is 0.797. The summed E-state index contributed by atoms with van der Waals surface area (Å²) in [6.07, 6.45) is 0. The number of allylic oxidation sites excluding steroid dienone is 4. The van der Waals surface area contributed by atoms with Crippen molar-refractivity contribution in [1.82, 2.24) is 0 Å². The maximum atomic E-state index is 12.2. The molecule has 1 aliphatic carbocycles. The Labute approximate surface area is 140 Å². The van der Waals surface area contributed by atoms with Crippen LogP contribution in [0.5, 0.6) is 0 Å². The van der Waals surface area contributed by atoms with Crippen LogP contribution in [0.15, 0.2) is 47.5 Å². The average molecular weight is 467 g/mol. The van der Waals surface area contributed by atoms with Crippen molar-refractivity contribution in [3.8, 4) is 0 Å². The standard InChI is InChI=1S/C13H7Br3O2S/c1-6-2-4-7(5-3-6)19-13-10(16)11(17)8(14)9(15)12(13)18/h2-5H,1H3. The second-order valence-corrected chi connectivity index (χ2v) is 7.31. The van der Waals surface area contributed by atoms with Crippen molar-refractivity contribution in [3.63, 3.8) is 0 Å². The van der Waals surface area contributed by atoms with Crippen LogP contribution in [0.4, 0.5) is 0 Å². The van der Waals surface area contributed by atoms with E-state index in [1.807, 2.05) is 31.2 Å². The van der Waals surface area contributed by atoms with Gasteiger partial charge in [-0.1, -0.05) is 29.5 Å². The van der Waals surface area contributed by atoms with Crippen LogP contribution in [-0.4, -0.2) is 11.6 Å². The molecule has 0 aliphatic heterocycles. The number of carbonyl (C=O) groups excluding carboxylic acids is 2. The number of rotatable bonds is 2. The third-order valence-electron chi connectivity index (χ3n) is 2.44. The lowest BCUT2D eigenvalue weighted by molar-refractivity contribution is -0.114. The molecule has 0 fully saturated rings. The number of thioether (sulfide) groups is 1. The summed E-state index contributed by atoms with van der Waals surface area (Å²) in [6, 6.07) is 7.78. The predicted octanol–water partition coefficient (Wildman–Crippen LogP) is 4.85. The summed E-state index contributed by atoms with van der Waals surface area (Å²) in [5.74, 6) is -0.440. The van der Waals surface area contributed by atoms with Crippen molar-refractivity contribution >= 4 is 71.1 Å². The van der Waals surface area contributed by atoms with Gasteiger partial charge in [-0.05, 0) is 66.8 Å². The van der Waals surface area contributed by atoms with Gasteiger partial charge in [-0.25, -0.2) is 0 Å². The Morgan fingerprint density at radius 3 is 1.95 bits per heavy atom. The molecule has 0 atom stereocenters. The molecule has 1 aromatic carbocycles. The van der Waals surface area contributed by atoms with E-state index < -0.39 is 0 Å². The molecule has 0 saturated carbocycles. The van der Waals surface area contributed by atoms with Crippen LogP contribution in [-0.2, 0) is 9.59 Å². The number of ketones is 2. The minimum absolute atomic E-state index is 0.205. The van der Waals surface area contributed by atoms with Crippen LogP contribution in [0, 0.1) is 6.92 Å². The van der Waals surface area contributed by atoms with Crippen molar-refractivity contribution < 1.29 is 9.59 Å². The monoisotopic (exact) mass is 464 g/mol. The number of carbonyl (C=O) groups is 2. The Kier molecular flexibility index (Phi) is 4.87. The Balaban J connectivity index is 2.37. The van der Waals surface area contributed by atoms with E-state index in [9.17, 15) is 9.59 Å². The fraction of sp³-hybridized carbons (Fsp3) is 0.0769. The fourth-order valence-corrected chi connectivity index (χ4v) is 4.07. The zero-order valence-corrected chi connectivity index (χ0v) is 15.2. The van der Waals surface area contributed by atoms with E-state index in [2.05, 4.69) is 47.8 Å². The second-order valence-electron chi connectivity index (χ2n) is 3.84. The van der Waals surface area contributed by atoms with Gasteiger partial charge < -0.3 is 0 Å². The quantitative estimate of drug-likeness (QED) is 0.584. The molecule has 0 bridgehead atoms. The van der Waals surface area contributed by atoms with E-state index in [0.717, 1.165) is 10.5 Å². The smallest absolute Gasteiger partial charge is 0.209 e. The van der Waals surface area contributed by atoms with Gasteiger partial charge in [-0.3, -0.25) is 9.59 Å². The molecule has 1 aliphatic rings. The van der Waals surface area contributed by atoms with E-state index >= 15 is 0 Å². The molecule has 0 unspecified atom stereocenters. The Morgan fingerprint density at radius 1 is 0.842 bits per heavy atom. The topological polar surface area (TPSA) is 34.1 Å². The molecule has 0 heterocycles. The van der Waals surface area contributed by atoms with E-state index in [0.29, 0.717) is 4.91 Å². The zero-order valence-electron chi connectivity index (χ0n) is 9.67. The molecule has 0 aromatic heterocycles. The second kappa shape index (κ2) is 6.08. The first-order chi connectivity index (χ1) is 8.91. The summed E-state index contributed by atoms with van der Waals surface area (Å²) >= 11 is 10.7. The van der Waals surface area contributed by atoms with Gasteiger partial charge >= 0.3 is 0 Å². The number of Topliss-reactive ketones (excluding diaryl/α,β-unsaturated/α-hetero) is 2. The highest BCUT2D eigenvalue weighted by Gasteiger charge is 2.31. The molecule has 1 aromatic rings. The van der Waals surface area contributed by atoms with Crippen molar-refractivity contribution in [2.24, 2.45) is 0 Å². The minimum Gasteiger partial charge on any atom is -0.287 e. The van der Waals surface area contributed by atoms with Gasteiger partial charge in [0.05, 0.1) is 18.4 Å². The number of aryl methyl sites for hydroxylation is 1. The molecule has 0 saturated heterocycles. The maximum Gasteiger partial charge on any atom is 0.209 e. The lowest BCUT2D eigenvalue weighted by atomic mass is 10.2. The molecule has 0 spiro atoms. The molecule has 19 heavy (non-hydrogen) atoms. The number of halogens is 3. The van der Waals surface area contributed by atoms with Gasteiger partial charge in [0.1, 0.15) is 0 Å². The molecule has 0 radical (unpaired) electrons. The van der Waals surface area contributed by atoms with Crippen molar-refractivity contribution in [3.05, 3.63) is 48.2 Å². The van der Waals surface area contributed by atoms with Crippen LogP contribution in [0.2, 0.25) is 0 Å². The van der Waals surface area contributed by atoms with Gasteiger partial charge in [-0.2, -0.15) is 0 Å². The molecular formula is C13H7Br3O2S. The molecule has 2 nitrogen and oxygen atoms in total. The first kappa shape index (κ1) is 15.2. The van der Waals surface area contributed by atoms with Crippen molar-refractivity contribution in [2.45, 2.75) is 11.8 Å². The average Bonchev–Trinajstić information content (AvgIpc) is 2.41. The summed E-state index contributed by atoms with van der Waals surface area (Å²) in [4.78, 5) is 25.4. The SMILES string of the molecule is Cc1ccc(SC2=C(Br)C(=O)C(Br)=C(Br)C2=O)cc1. The molecule has 0 amide bonds. The summed E-state index contributed by atoms with van der Waals surface area (Å²) in [5, 5.41) is 0. The highest BCUT2D eigenvalue weighted by Crippen LogP contribution is 2.41. The zero-order chi connectivity index (χ0) is 14.2. The van der Waals surface area contributed by atoms with Crippen molar-refractivity contribution in [2.75, 3.05) is 0 Å². The third kappa shape index (κ3) is 3.12. The Bertz CT molecular complexity index is 630. The van der Waals surface area contributed by atoms with E-state index in [1.54, 1.807) is 0 Å². The molecule has 98 valence electrons. The van der Waals surface area contributed by atoms with Crippen LogP contribution in [0.1, 0.15) is 5.56 Å². The van der Waals surface area contributed by atoms with Gasteiger partial charge in [0, 0.05) is 4.90 Å². The summed E-state index contributed by atoms with van der Waals surface area (Å²) in [5.41, 5.74) is 1.15. The van der Waals surface area contributed by atoms with Gasteiger partial charge in [-0.15, -0.1) is 0 Å². The third-order valence-corrected chi connectivity index (χ3v) is 6.60. The van der Waals surface area contributed by atoms with Gasteiger partial charge in [0.25, 0.3) is 0 Å². The van der Waals surface area contributed by atoms with Crippen molar-refractivity contribution in [1.29, 1.82) is 0 Å². The Hall–Kier alpha value is -0.170. The van der Waals surface area contributed by atoms with Crippen LogP contribution >= 0.6 is 59.6 Å². The predicted molar refractivity (Wildman–Crippen MR) is 87.9 cm³/mol. The number of hydrogen-bond donors (Lipinski definition) is 0. The molecule has 0 N–H and O–H groups in total. The first-order valence-electron chi connectivity index (χ1n) is 5.20. The Morgan fingerprint density at radius 2 is 1.37 bits per heavy atom. The maximum absolute atomic E-state index is 12.2. The highest BCUT2D eigenvalue weighted by molar-refractivity contribution is 9.15. The van der Waals surface area contributed by atoms with Crippen LogP contribution < -0.4 is 0 Å². The minimum atomic E-state index is -0.235. The van der Waals surface area contributed by atoms with E-state index in [-0.39, 0.29) is 25.0 Å². The van der Waals surface area contributed by atoms with Crippen LogP contribution in [0.25, 0.3) is 0 Å².